The summed E-state index contributed by atoms with van der Waals surface area (Å²) < 4.78 is 27.3. The molecule has 0 spiro atoms. The van der Waals surface area contributed by atoms with Crippen LogP contribution >= 0.6 is 0 Å². The van der Waals surface area contributed by atoms with Crippen molar-refractivity contribution in [2.24, 2.45) is 22.7 Å². The molecule has 0 aromatic heterocycles. The van der Waals surface area contributed by atoms with E-state index in [4.69, 9.17) is 0 Å². The van der Waals surface area contributed by atoms with Crippen molar-refractivity contribution in [3.8, 4) is 0 Å². The van der Waals surface area contributed by atoms with Gasteiger partial charge in [-0.05, 0) is 50.4 Å². The fourth-order valence-electron chi connectivity index (χ4n) is 6.89. The molecule has 4 aliphatic rings. The fraction of sp³-hybridized carbons (Fsp3) is 0.800. The smallest absolute Gasteiger partial charge is 0.163 e. The first-order chi connectivity index (χ1) is 10.4. The van der Waals surface area contributed by atoms with Gasteiger partial charge in [0.15, 0.2) is 9.84 Å². The molecular weight excluding hydrogens is 304 g/mol. The van der Waals surface area contributed by atoms with Crippen LogP contribution in [0.5, 0.6) is 0 Å². The van der Waals surface area contributed by atoms with E-state index in [-0.39, 0.29) is 10.8 Å². The number of rotatable bonds is 2. The van der Waals surface area contributed by atoms with Crippen LogP contribution in [0.4, 0.5) is 0 Å². The summed E-state index contributed by atoms with van der Waals surface area (Å²) in [5.74, 6) is 0.808. The molecule has 0 aromatic rings. The SMILES string of the molecule is C=C1C2CCC(S(=O)(=O)C34CCC(C3)C(=C)C4(C)C)(C2)C1(C)C. The second-order valence-corrected chi connectivity index (χ2v) is 12.2. The molecule has 4 saturated carbocycles. The standard InChI is InChI=1S/C20H30O2S/c1-13-15-7-9-19(11-15,17(13,3)4)23(21,22)20-10-8-16(12-20)14(2)18(20,5)6/h15-16H,1-2,7-12H2,3-6H3. The molecule has 23 heavy (non-hydrogen) atoms. The summed E-state index contributed by atoms with van der Waals surface area (Å²) in [6.07, 6.45) is 5.25. The van der Waals surface area contributed by atoms with Crippen LogP contribution in [0.1, 0.15) is 66.2 Å². The number of fused-ring (bicyclic) bond motifs is 4. The lowest BCUT2D eigenvalue weighted by atomic mass is 9.72. The topological polar surface area (TPSA) is 34.1 Å². The summed E-state index contributed by atoms with van der Waals surface area (Å²) in [6, 6.07) is 0. The summed E-state index contributed by atoms with van der Waals surface area (Å²) in [6.45, 7) is 17.1. The summed E-state index contributed by atoms with van der Waals surface area (Å²) in [5.41, 5.74) is 1.74. The molecule has 0 radical (unpaired) electrons. The van der Waals surface area contributed by atoms with Gasteiger partial charge in [-0.3, -0.25) is 0 Å². The van der Waals surface area contributed by atoms with Crippen LogP contribution in [0, 0.1) is 22.7 Å². The first kappa shape index (κ1) is 15.9. The second-order valence-electron chi connectivity index (χ2n) is 9.67. The third-order valence-corrected chi connectivity index (χ3v) is 12.7. The van der Waals surface area contributed by atoms with Crippen molar-refractivity contribution in [2.45, 2.75) is 75.7 Å². The molecule has 0 saturated heterocycles. The van der Waals surface area contributed by atoms with Gasteiger partial charge in [-0.15, -0.1) is 0 Å². The van der Waals surface area contributed by atoms with Crippen LogP contribution in [-0.4, -0.2) is 17.9 Å². The van der Waals surface area contributed by atoms with E-state index in [9.17, 15) is 8.42 Å². The van der Waals surface area contributed by atoms with Crippen LogP contribution in [0.25, 0.3) is 0 Å². The molecular formula is C20H30O2S. The van der Waals surface area contributed by atoms with Crippen LogP contribution in [-0.2, 0) is 9.84 Å². The van der Waals surface area contributed by atoms with Crippen molar-refractivity contribution in [2.75, 3.05) is 0 Å². The minimum Gasteiger partial charge on any atom is -0.228 e. The molecule has 4 unspecified atom stereocenters. The quantitative estimate of drug-likeness (QED) is 0.688. The molecule has 0 N–H and O–H groups in total. The molecule has 3 heteroatoms. The number of hydrogen-bond acceptors (Lipinski definition) is 2. The third kappa shape index (κ3) is 1.35. The molecule has 4 rings (SSSR count). The van der Waals surface area contributed by atoms with E-state index in [1.807, 2.05) is 0 Å². The molecule has 4 atom stereocenters. The Bertz CT molecular complexity index is 671. The predicted octanol–water partition coefficient (Wildman–Crippen LogP) is 4.67. The Morgan fingerprint density at radius 1 is 0.826 bits per heavy atom. The molecule has 0 aromatic carbocycles. The van der Waals surface area contributed by atoms with Crippen LogP contribution in [0.3, 0.4) is 0 Å². The first-order valence-electron chi connectivity index (χ1n) is 9.07. The van der Waals surface area contributed by atoms with Crippen LogP contribution < -0.4 is 0 Å². The largest absolute Gasteiger partial charge is 0.228 e. The minimum absolute atomic E-state index is 0.304. The Kier molecular flexibility index (Phi) is 2.75. The zero-order valence-corrected chi connectivity index (χ0v) is 15.9. The van der Waals surface area contributed by atoms with Gasteiger partial charge in [0, 0.05) is 10.8 Å². The van der Waals surface area contributed by atoms with Gasteiger partial charge in [0.25, 0.3) is 0 Å². The second kappa shape index (κ2) is 3.98. The van der Waals surface area contributed by atoms with E-state index in [0.717, 1.165) is 38.5 Å². The van der Waals surface area contributed by atoms with Crippen molar-refractivity contribution in [1.29, 1.82) is 0 Å². The minimum atomic E-state index is -3.28. The Labute approximate surface area is 141 Å². The summed E-state index contributed by atoms with van der Waals surface area (Å²) in [7, 11) is -3.28. The zero-order chi connectivity index (χ0) is 17.1. The molecule has 4 bridgehead atoms. The Morgan fingerprint density at radius 2 is 1.17 bits per heavy atom. The number of sulfone groups is 1. The molecule has 4 fully saturated rings. The average molecular weight is 335 g/mol. The van der Waals surface area contributed by atoms with E-state index in [2.05, 4.69) is 40.9 Å². The summed E-state index contributed by atoms with van der Waals surface area (Å²) >= 11 is 0. The fourth-order valence-corrected chi connectivity index (χ4v) is 10.9. The molecule has 0 heterocycles. The Balaban J connectivity index is 1.93. The number of hydrogen-bond donors (Lipinski definition) is 0. The lowest BCUT2D eigenvalue weighted by Gasteiger charge is -2.51. The molecule has 128 valence electrons. The Morgan fingerprint density at radius 3 is 1.43 bits per heavy atom. The van der Waals surface area contributed by atoms with Gasteiger partial charge >= 0.3 is 0 Å². The molecule has 0 aliphatic heterocycles. The van der Waals surface area contributed by atoms with Gasteiger partial charge < -0.3 is 0 Å². The van der Waals surface area contributed by atoms with Crippen molar-refractivity contribution in [3.63, 3.8) is 0 Å². The normalized spacial score (nSPS) is 46.8. The van der Waals surface area contributed by atoms with E-state index in [0.29, 0.717) is 11.8 Å². The van der Waals surface area contributed by atoms with Gasteiger partial charge in [-0.1, -0.05) is 52.0 Å². The highest BCUT2D eigenvalue weighted by molar-refractivity contribution is 7.94. The molecule has 4 aliphatic carbocycles. The van der Waals surface area contributed by atoms with Gasteiger partial charge in [0.1, 0.15) is 0 Å². The maximum absolute atomic E-state index is 14.2. The van der Waals surface area contributed by atoms with Gasteiger partial charge in [-0.25, -0.2) is 8.42 Å². The maximum atomic E-state index is 14.2. The van der Waals surface area contributed by atoms with E-state index in [1.54, 1.807) is 0 Å². The Hall–Kier alpha value is -0.570. The van der Waals surface area contributed by atoms with E-state index < -0.39 is 19.3 Å². The van der Waals surface area contributed by atoms with Gasteiger partial charge in [0.2, 0.25) is 0 Å². The van der Waals surface area contributed by atoms with Crippen molar-refractivity contribution < 1.29 is 8.42 Å². The van der Waals surface area contributed by atoms with Crippen molar-refractivity contribution in [3.05, 3.63) is 24.3 Å². The van der Waals surface area contributed by atoms with Crippen molar-refractivity contribution in [1.82, 2.24) is 0 Å². The van der Waals surface area contributed by atoms with E-state index >= 15 is 0 Å². The highest BCUT2D eigenvalue weighted by Gasteiger charge is 2.75. The van der Waals surface area contributed by atoms with Crippen LogP contribution in [0.15, 0.2) is 24.3 Å². The highest BCUT2D eigenvalue weighted by Crippen LogP contribution is 2.72. The van der Waals surface area contributed by atoms with E-state index in [1.165, 1.54) is 11.1 Å². The average Bonchev–Trinajstić information content (AvgIpc) is 3.16. The summed E-state index contributed by atoms with van der Waals surface area (Å²) in [5, 5.41) is 0. The van der Waals surface area contributed by atoms with Crippen molar-refractivity contribution >= 4 is 9.84 Å². The first-order valence-corrected chi connectivity index (χ1v) is 10.6. The lowest BCUT2D eigenvalue weighted by molar-refractivity contribution is 0.265. The predicted molar refractivity (Wildman–Crippen MR) is 94.9 cm³/mol. The van der Waals surface area contributed by atoms with Crippen LogP contribution in [0.2, 0.25) is 0 Å². The maximum Gasteiger partial charge on any atom is 0.163 e. The monoisotopic (exact) mass is 334 g/mol. The lowest BCUT2D eigenvalue weighted by Crippen LogP contribution is -2.60. The highest BCUT2D eigenvalue weighted by atomic mass is 32.2. The third-order valence-electron chi connectivity index (χ3n) is 8.84. The van der Waals surface area contributed by atoms with Gasteiger partial charge in [0.05, 0.1) is 9.49 Å². The zero-order valence-electron chi connectivity index (χ0n) is 15.0. The summed E-state index contributed by atoms with van der Waals surface area (Å²) in [4.78, 5) is 0. The molecule has 2 nitrogen and oxygen atoms in total. The van der Waals surface area contributed by atoms with Gasteiger partial charge in [-0.2, -0.15) is 0 Å². The number of allylic oxidation sites excluding steroid dienone is 2. The molecule has 0 amide bonds.